The summed E-state index contributed by atoms with van der Waals surface area (Å²) in [6.45, 7) is 9.01. The summed E-state index contributed by atoms with van der Waals surface area (Å²) in [5.74, 6) is 0.633. The second kappa shape index (κ2) is 5.83. The Morgan fingerprint density at radius 2 is 2.17 bits per heavy atom. The Morgan fingerprint density at radius 3 is 2.87 bits per heavy atom. The maximum absolute atomic E-state index is 12.8. The number of hydrogen-bond acceptors (Lipinski definition) is 3. The lowest BCUT2D eigenvalue weighted by atomic mass is 10.0. The second-order valence-electron chi connectivity index (χ2n) is 6.79. The highest BCUT2D eigenvalue weighted by Gasteiger charge is 2.31. The maximum Gasteiger partial charge on any atom is 0.266 e. The fourth-order valence-electron chi connectivity index (χ4n) is 3.66. The van der Waals surface area contributed by atoms with Gasteiger partial charge in [-0.2, -0.15) is 0 Å². The third-order valence-electron chi connectivity index (χ3n) is 4.92. The van der Waals surface area contributed by atoms with Gasteiger partial charge in [0, 0.05) is 35.6 Å². The molecule has 1 aliphatic rings. The molecule has 6 heteroatoms. The molecule has 23 heavy (non-hydrogen) atoms. The molecule has 1 aliphatic heterocycles. The van der Waals surface area contributed by atoms with Crippen LogP contribution in [0.15, 0.2) is 10.9 Å². The van der Waals surface area contributed by atoms with E-state index in [1.54, 1.807) is 4.52 Å². The predicted molar refractivity (Wildman–Crippen MR) is 88.6 cm³/mol. The van der Waals surface area contributed by atoms with E-state index in [1.807, 2.05) is 18.7 Å². The van der Waals surface area contributed by atoms with Gasteiger partial charge in [-0.1, -0.05) is 13.8 Å². The summed E-state index contributed by atoms with van der Waals surface area (Å²) < 4.78 is 1.67. The molecule has 2 aromatic rings. The minimum atomic E-state index is -0.178. The third kappa shape index (κ3) is 2.78. The van der Waals surface area contributed by atoms with Crippen molar-refractivity contribution in [3.05, 3.63) is 33.4 Å². The Bertz CT molecular complexity index is 803. The smallest absolute Gasteiger partial charge is 0.266 e. The van der Waals surface area contributed by atoms with Crippen LogP contribution in [0.3, 0.4) is 0 Å². The van der Waals surface area contributed by atoms with Crippen LogP contribution < -0.4 is 5.56 Å². The third-order valence-corrected chi connectivity index (χ3v) is 4.92. The Kier molecular flexibility index (Phi) is 4.00. The Balaban J connectivity index is 1.92. The highest BCUT2D eigenvalue weighted by atomic mass is 16.2. The number of carbonyl (C=O) groups excluding carboxylic acids is 1. The Hall–Kier alpha value is -2.11. The average molecular weight is 316 g/mol. The molecule has 3 heterocycles. The highest BCUT2D eigenvalue weighted by molar-refractivity contribution is 5.80. The van der Waals surface area contributed by atoms with Crippen molar-refractivity contribution >= 4 is 11.6 Å². The molecule has 0 aromatic carbocycles. The molecule has 1 fully saturated rings. The van der Waals surface area contributed by atoms with Crippen molar-refractivity contribution in [2.45, 2.75) is 53.0 Å². The van der Waals surface area contributed by atoms with E-state index >= 15 is 0 Å². The van der Waals surface area contributed by atoms with Crippen LogP contribution in [0.4, 0.5) is 0 Å². The number of aromatic amines is 1. The lowest BCUT2D eigenvalue weighted by molar-refractivity contribution is -0.132. The first-order valence-electron chi connectivity index (χ1n) is 8.26. The Labute approximate surface area is 135 Å². The van der Waals surface area contributed by atoms with Gasteiger partial charge in [0.05, 0.1) is 6.42 Å². The van der Waals surface area contributed by atoms with Gasteiger partial charge in [-0.25, -0.2) is 9.50 Å². The highest BCUT2D eigenvalue weighted by Crippen LogP contribution is 2.25. The largest absolute Gasteiger partial charge is 0.339 e. The maximum atomic E-state index is 12.8. The number of aromatic nitrogens is 3. The van der Waals surface area contributed by atoms with Crippen LogP contribution in [0.5, 0.6) is 0 Å². The molecule has 3 rings (SSSR count). The fraction of sp³-hybridized carbons (Fsp3) is 0.588. The summed E-state index contributed by atoms with van der Waals surface area (Å²) in [6, 6.07) is 1.81. The van der Waals surface area contributed by atoms with Crippen LogP contribution in [0, 0.1) is 19.8 Å². The Morgan fingerprint density at radius 1 is 1.43 bits per heavy atom. The van der Waals surface area contributed by atoms with E-state index < -0.39 is 0 Å². The van der Waals surface area contributed by atoms with Crippen molar-refractivity contribution in [1.29, 1.82) is 0 Å². The second-order valence-corrected chi connectivity index (χ2v) is 6.79. The number of aryl methyl sites for hydroxylation is 2. The number of amides is 1. The van der Waals surface area contributed by atoms with Gasteiger partial charge in [0.1, 0.15) is 0 Å². The molecule has 0 saturated carbocycles. The summed E-state index contributed by atoms with van der Waals surface area (Å²) in [5, 5.41) is 2.74. The lowest BCUT2D eigenvalue weighted by Gasteiger charge is -2.28. The molecule has 0 unspecified atom stereocenters. The number of hydrogen-bond donors (Lipinski definition) is 1. The zero-order valence-electron chi connectivity index (χ0n) is 14.2. The summed E-state index contributed by atoms with van der Waals surface area (Å²) in [5.41, 5.74) is 3.02. The van der Waals surface area contributed by atoms with E-state index in [9.17, 15) is 9.59 Å². The number of likely N-dealkylation sites (tertiary alicyclic amines) is 1. The quantitative estimate of drug-likeness (QED) is 0.939. The molecule has 0 bridgehead atoms. The molecule has 6 nitrogen and oxygen atoms in total. The minimum absolute atomic E-state index is 0.156. The van der Waals surface area contributed by atoms with Gasteiger partial charge in [-0.15, -0.1) is 0 Å². The zero-order valence-corrected chi connectivity index (χ0v) is 14.2. The van der Waals surface area contributed by atoms with Gasteiger partial charge in [0.2, 0.25) is 5.91 Å². The number of nitrogens with zero attached hydrogens (tertiary/aromatic N) is 3. The summed E-state index contributed by atoms with van der Waals surface area (Å²) in [6.07, 6.45) is 2.50. The topological polar surface area (TPSA) is 70.5 Å². The van der Waals surface area contributed by atoms with Gasteiger partial charge in [-0.3, -0.25) is 14.7 Å². The zero-order chi connectivity index (χ0) is 16.7. The van der Waals surface area contributed by atoms with E-state index in [-0.39, 0.29) is 11.5 Å². The van der Waals surface area contributed by atoms with E-state index in [2.05, 4.69) is 23.9 Å². The van der Waals surface area contributed by atoms with Crippen LogP contribution >= 0.6 is 0 Å². The summed E-state index contributed by atoms with van der Waals surface area (Å²) in [7, 11) is 0. The monoisotopic (exact) mass is 316 g/mol. The molecule has 0 aliphatic carbocycles. The van der Waals surface area contributed by atoms with Crippen molar-refractivity contribution in [1.82, 2.24) is 19.5 Å². The van der Waals surface area contributed by atoms with Crippen LogP contribution in [-0.2, 0) is 11.2 Å². The molecular formula is C17H24N4O2. The number of rotatable bonds is 3. The molecule has 1 amide bonds. The molecule has 1 N–H and O–H groups in total. The fourth-order valence-corrected chi connectivity index (χ4v) is 3.66. The first kappa shape index (κ1) is 15.8. The van der Waals surface area contributed by atoms with Crippen molar-refractivity contribution in [3.63, 3.8) is 0 Å². The van der Waals surface area contributed by atoms with E-state index in [4.69, 9.17) is 0 Å². The summed E-state index contributed by atoms with van der Waals surface area (Å²) >= 11 is 0. The molecule has 1 saturated heterocycles. The minimum Gasteiger partial charge on any atom is -0.339 e. The number of nitrogens with one attached hydrogen (secondary N) is 1. The molecule has 0 radical (unpaired) electrons. The van der Waals surface area contributed by atoms with Crippen molar-refractivity contribution in [2.24, 2.45) is 5.92 Å². The van der Waals surface area contributed by atoms with Crippen LogP contribution in [0.25, 0.3) is 5.65 Å². The van der Waals surface area contributed by atoms with Crippen molar-refractivity contribution in [2.75, 3.05) is 6.54 Å². The molecule has 0 spiro atoms. The molecular weight excluding hydrogens is 292 g/mol. The SMILES string of the molecule is Cc1nc2cc(=O)[nH]n2c(C)c1CC(=O)N1CCC[C@H]1C(C)C. The first-order chi connectivity index (χ1) is 10.9. The van der Waals surface area contributed by atoms with E-state index in [0.29, 0.717) is 24.0 Å². The van der Waals surface area contributed by atoms with Crippen molar-refractivity contribution < 1.29 is 4.79 Å². The molecule has 2 aromatic heterocycles. The number of carbonyl (C=O) groups is 1. The van der Waals surface area contributed by atoms with E-state index in [1.165, 1.54) is 6.07 Å². The van der Waals surface area contributed by atoms with Crippen molar-refractivity contribution in [3.8, 4) is 0 Å². The van der Waals surface area contributed by atoms with Gasteiger partial charge >= 0.3 is 0 Å². The van der Waals surface area contributed by atoms with Gasteiger partial charge < -0.3 is 4.90 Å². The normalized spacial score (nSPS) is 18.3. The lowest BCUT2D eigenvalue weighted by Crippen LogP contribution is -2.39. The molecule has 124 valence electrons. The van der Waals surface area contributed by atoms with Crippen LogP contribution in [0.1, 0.15) is 43.6 Å². The van der Waals surface area contributed by atoms with E-state index in [0.717, 1.165) is 36.3 Å². The summed E-state index contributed by atoms with van der Waals surface area (Å²) in [4.78, 5) is 30.8. The predicted octanol–water partition coefficient (Wildman–Crippen LogP) is 1.83. The first-order valence-corrected chi connectivity index (χ1v) is 8.26. The standard InChI is InChI=1S/C17H24N4O2/c1-10(2)14-6-5-7-20(14)17(23)8-13-11(3)18-15-9-16(22)19-21(15)12(13)4/h9-10,14H,5-8H2,1-4H3,(H,19,22)/t14-/m0/s1. The molecule has 1 atom stereocenters. The van der Waals surface area contributed by atoms with Gasteiger partial charge in [0.15, 0.2) is 5.65 Å². The van der Waals surface area contributed by atoms with Crippen LogP contribution in [0.2, 0.25) is 0 Å². The van der Waals surface area contributed by atoms with Crippen LogP contribution in [-0.4, -0.2) is 38.0 Å². The number of fused-ring (bicyclic) bond motifs is 1. The van der Waals surface area contributed by atoms with Gasteiger partial charge in [0.25, 0.3) is 5.56 Å². The average Bonchev–Trinajstić information content (AvgIpc) is 3.09. The number of H-pyrrole nitrogens is 1. The van der Waals surface area contributed by atoms with Gasteiger partial charge in [-0.05, 0) is 32.6 Å².